The maximum Gasteiger partial charge on any atom is 0.221 e. The van der Waals surface area contributed by atoms with Crippen LogP contribution in [0, 0.1) is 0 Å². The number of hydrogen-bond acceptors (Lipinski definition) is 7. The van der Waals surface area contributed by atoms with Gasteiger partial charge in [-0.1, -0.05) is 31.2 Å². The van der Waals surface area contributed by atoms with E-state index in [0.717, 1.165) is 65.5 Å². The molecular weight excluding hydrogens is 462 g/mol. The van der Waals surface area contributed by atoms with E-state index in [1.54, 1.807) is 7.11 Å². The second-order valence-corrected chi connectivity index (χ2v) is 9.19. The zero-order chi connectivity index (χ0) is 26.0. The highest BCUT2D eigenvalue weighted by molar-refractivity contribution is 5.44. The fraction of sp³-hybridized carbons (Fsp3) is 0.300. The number of methoxy groups -OCH3 is 1. The third kappa shape index (κ3) is 8.02. The molecule has 2 heterocycles. The van der Waals surface area contributed by atoms with E-state index in [-0.39, 0.29) is 6.04 Å². The van der Waals surface area contributed by atoms with Crippen molar-refractivity contribution in [1.29, 1.82) is 0 Å². The Labute approximate surface area is 219 Å². The number of nitrogens with one attached hydrogen (secondary N) is 1. The average Bonchev–Trinajstić information content (AvgIpc) is 2.92. The Morgan fingerprint density at radius 1 is 0.838 bits per heavy atom. The molecular formula is C30H35N5O2. The molecule has 0 amide bonds. The normalized spacial score (nSPS) is 11.7. The molecule has 0 saturated carbocycles. The van der Waals surface area contributed by atoms with Crippen LogP contribution in [-0.2, 0) is 32.2 Å². The first-order valence-corrected chi connectivity index (χ1v) is 12.7. The molecule has 4 aromatic rings. The number of pyridine rings is 1. The Balaban J connectivity index is 1.50. The highest BCUT2D eigenvalue weighted by Gasteiger charge is 2.08. The van der Waals surface area contributed by atoms with Gasteiger partial charge in [-0.05, 0) is 78.8 Å². The van der Waals surface area contributed by atoms with Gasteiger partial charge < -0.3 is 20.5 Å². The number of nitrogens with two attached hydrogens (primary N) is 1. The lowest BCUT2D eigenvalue weighted by Crippen LogP contribution is -2.17. The second kappa shape index (κ2) is 12.8. The number of aromatic nitrogens is 3. The minimum absolute atomic E-state index is 0.117. The SMILES string of the molecule is CCc1cnc(CCc2cc(NCc3ccc(OC)cc3)nc(Oc3ccc(CC(C)N)cc3)c2)nc1. The summed E-state index contributed by atoms with van der Waals surface area (Å²) in [5, 5.41) is 3.43. The summed E-state index contributed by atoms with van der Waals surface area (Å²) >= 11 is 0. The van der Waals surface area contributed by atoms with Crippen LogP contribution in [0.15, 0.2) is 73.1 Å². The van der Waals surface area contributed by atoms with Crippen molar-refractivity contribution in [2.24, 2.45) is 5.73 Å². The first-order chi connectivity index (χ1) is 18.0. The molecule has 0 radical (unpaired) electrons. The van der Waals surface area contributed by atoms with Crippen LogP contribution in [-0.4, -0.2) is 28.1 Å². The van der Waals surface area contributed by atoms with E-state index in [9.17, 15) is 0 Å². The molecule has 2 aromatic heterocycles. The third-order valence-electron chi connectivity index (χ3n) is 6.00. The molecule has 7 heteroatoms. The Morgan fingerprint density at radius 2 is 1.51 bits per heavy atom. The number of anilines is 1. The van der Waals surface area contributed by atoms with Gasteiger partial charge in [-0.25, -0.2) is 9.97 Å². The van der Waals surface area contributed by atoms with Gasteiger partial charge in [0.2, 0.25) is 5.88 Å². The molecule has 0 spiro atoms. The smallest absolute Gasteiger partial charge is 0.221 e. The van der Waals surface area contributed by atoms with Gasteiger partial charge in [0.05, 0.1) is 7.11 Å². The standard InChI is InChI=1S/C30H35N5O2/c1-4-22-18-32-28(33-19-22)14-9-25-16-29(34-20-24-7-10-26(36-3)11-8-24)35-30(17-25)37-27-12-5-23(6-13-27)15-21(2)31/h5-8,10-13,16-19,21H,4,9,14-15,20,31H2,1-3H3,(H,34,35). The maximum atomic E-state index is 6.15. The Hall–Kier alpha value is -3.97. The van der Waals surface area contributed by atoms with E-state index in [2.05, 4.69) is 28.3 Å². The van der Waals surface area contributed by atoms with Crippen molar-refractivity contribution in [2.75, 3.05) is 12.4 Å². The summed E-state index contributed by atoms with van der Waals surface area (Å²) in [5.74, 6) is 3.68. The van der Waals surface area contributed by atoms with Crippen LogP contribution < -0.4 is 20.5 Å². The first-order valence-electron chi connectivity index (χ1n) is 12.7. The number of ether oxygens (including phenoxy) is 2. The number of nitrogens with zero attached hydrogens (tertiary/aromatic N) is 3. The second-order valence-electron chi connectivity index (χ2n) is 9.19. The lowest BCUT2D eigenvalue weighted by atomic mass is 10.1. The topological polar surface area (TPSA) is 95.2 Å². The Bertz CT molecular complexity index is 1190. The largest absolute Gasteiger partial charge is 0.497 e. The van der Waals surface area contributed by atoms with Gasteiger partial charge in [0.25, 0.3) is 0 Å². The monoisotopic (exact) mass is 497 g/mol. The molecule has 2 aromatic carbocycles. The van der Waals surface area contributed by atoms with E-state index in [0.29, 0.717) is 12.4 Å². The zero-order valence-electron chi connectivity index (χ0n) is 21.8. The van der Waals surface area contributed by atoms with Gasteiger partial charge >= 0.3 is 0 Å². The first kappa shape index (κ1) is 26.1. The molecule has 0 fully saturated rings. The quantitative estimate of drug-likeness (QED) is 0.266. The molecule has 37 heavy (non-hydrogen) atoms. The maximum absolute atomic E-state index is 6.15. The predicted octanol–water partition coefficient (Wildman–Crippen LogP) is 5.52. The Morgan fingerprint density at radius 3 is 2.16 bits per heavy atom. The van der Waals surface area contributed by atoms with Crippen LogP contribution in [0.3, 0.4) is 0 Å². The molecule has 0 aliphatic rings. The van der Waals surface area contributed by atoms with Crippen LogP contribution in [0.4, 0.5) is 5.82 Å². The van der Waals surface area contributed by atoms with Crippen molar-refractivity contribution >= 4 is 5.82 Å². The molecule has 192 valence electrons. The van der Waals surface area contributed by atoms with Crippen LogP contribution in [0.25, 0.3) is 0 Å². The van der Waals surface area contributed by atoms with Gasteiger partial charge in [-0.2, -0.15) is 4.98 Å². The Kier molecular flexibility index (Phi) is 9.05. The van der Waals surface area contributed by atoms with Gasteiger partial charge in [-0.15, -0.1) is 0 Å². The summed E-state index contributed by atoms with van der Waals surface area (Å²) in [6, 6.07) is 20.1. The van der Waals surface area contributed by atoms with Crippen molar-refractivity contribution in [1.82, 2.24) is 15.0 Å². The minimum atomic E-state index is 0.117. The predicted molar refractivity (Wildman–Crippen MR) is 147 cm³/mol. The van der Waals surface area contributed by atoms with Crippen molar-refractivity contribution in [3.05, 3.63) is 101 Å². The molecule has 0 aliphatic heterocycles. The highest BCUT2D eigenvalue weighted by atomic mass is 16.5. The lowest BCUT2D eigenvalue weighted by Gasteiger charge is -2.13. The molecule has 1 unspecified atom stereocenters. The van der Waals surface area contributed by atoms with Gasteiger partial charge in [0.1, 0.15) is 23.1 Å². The van der Waals surface area contributed by atoms with E-state index >= 15 is 0 Å². The lowest BCUT2D eigenvalue weighted by molar-refractivity contribution is 0.414. The molecule has 0 aliphatic carbocycles. The fourth-order valence-electron chi connectivity index (χ4n) is 3.92. The zero-order valence-corrected chi connectivity index (χ0v) is 21.8. The van der Waals surface area contributed by atoms with Gasteiger partial charge in [0.15, 0.2) is 0 Å². The van der Waals surface area contributed by atoms with Crippen LogP contribution in [0.1, 0.15) is 41.9 Å². The van der Waals surface area contributed by atoms with Gasteiger partial charge in [-0.3, -0.25) is 0 Å². The van der Waals surface area contributed by atoms with E-state index in [1.165, 1.54) is 5.56 Å². The minimum Gasteiger partial charge on any atom is -0.497 e. The number of benzene rings is 2. The molecule has 0 bridgehead atoms. The molecule has 0 saturated heterocycles. The molecule has 1 atom stereocenters. The number of hydrogen-bond donors (Lipinski definition) is 2. The van der Waals surface area contributed by atoms with E-state index < -0.39 is 0 Å². The third-order valence-corrected chi connectivity index (χ3v) is 6.00. The van der Waals surface area contributed by atoms with E-state index in [1.807, 2.05) is 73.9 Å². The van der Waals surface area contributed by atoms with E-state index in [4.69, 9.17) is 20.2 Å². The summed E-state index contributed by atoms with van der Waals surface area (Å²) in [6.45, 7) is 4.74. The molecule has 3 N–H and O–H groups in total. The van der Waals surface area contributed by atoms with Crippen molar-refractivity contribution in [3.63, 3.8) is 0 Å². The van der Waals surface area contributed by atoms with Crippen LogP contribution in [0.5, 0.6) is 17.4 Å². The number of aryl methyl sites for hydroxylation is 3. The highest BCUT2D eigenvalue weighted by Crippen LogP contribution is 2.25. The summed E-state index contributed by atoms with van der Waals surface area (Å²) in [7, 11) is 1.67. The van der Waals surface area contributed by atoms with Crippen molar-refractivity contribution in [3.8, 4) is 17.4 Å². The summed E-state index contributed by atoms with van der Waals surface area (Å²) < 4.78 is 11.4. The van der Waals surface area contributed by atoms with Crippen LogP contribution in [0.2, 0.25) is 0 Å². The van der Waals surface area contributed by atoms with Gasteiger partial charge in [0, 0.05) is 37.5 Å². The average molecular weight is 498 g/mol. The fourth-order valence-corrected chi connectivity index (χ4v) is 3.92. The molecule has 7 nitrogen and oxygen atoms in total. The summed E-state index contributed by atoms with van der Waals surface area (Å²) in [4.78, 5) is 13.7. The van der Waals surface area contributed by atoms with Crippen LogP contribution >= 0.6 is 0 Å². The molecule has 4 rings (SSSR count). The summed E-state index contributed by atoms with van der Waals surface area (Å²) in [6.07, 6.45) is 7.07. The van der Waals surface area contributed by atoms with Crippen molar-refractivity contribution in [2.45, 2.75) is 52.1 Å². The summed E-state index contributed by atoms with van der Waals surface area (Å²) in [5.41, 5.74) is 10.5. The number of rotatable bonds is 12. The van der Waals surface area contributed by atoms with Crippen molar-refractivity contribution < 1.29 is 9.47 Å².